The van der Waals surface area contributed by atoms with Gasteiger partial charge in [-0.2, -0.15) is 0 Å². The number of aromatic nitrogens is 5. The Morgan fingerprint density at radius 1 is 0.226 bits per heavy atom. The Hall–Kier alpha value is -8.41. The number of benzene rings is 9. The average molecular weight is 792 g/mol. The van der Waals surface area contributed by atoms with E-state index in [1.165, 1.54) is 38.1 Å². The number of nitrogens with zero attached hydrogens (tertiary/aromatic N) is 5. The second-order valence-corrected chi connectivity index (χ2v) is 15.7. The molecule has 0 atom stereocenters. The fraction of sp³-hybridized carbons (Fsp3) is 0. The minimum Gasteiger partial charge on any atom is -0.309 e. The third-order valence-electron chi connectivity index (χ3n) is 12.0. The van der Waals surface area contributed by atoms with E-state index >= 15 is 0 Å². The molecule has 12 aromatic rings. The van der Waals surface area contributed by atoms with Gasteiger partial charge in [0.05, 0.1) is 22.1 Å². The summed E-state index contributed by atoms with van der Waals surface area (Å²) in [4.78, 5) is 15.0. The Balaban J connectivity index is 0.978. The zero-order chi connectivity index (χ0) is 41.0. The van der Waals surface area contributed by atoms with Crippen LogP contribution in [-0.4, -0.2) is 24.1 Å². The van der Waals surface area contributed by atoms with Gasteiger partial charge in [-0.25, -0.2) is 15.0 Å². The van der Waals surface area contributed by atoms with Crippen LogP contribution in [0, 0.1) is 0 Å². The molecule has 0 radical (unpaired) electrons. The molecule has 3 aromatic heterocycles. The summed E-state index contributed by atoms with van der Waals surface area (Å²) < 4.78 is 4.79. The van der Waals surface area contributed by atoms with Gasteiger partial charge in [-0.1, -0.05) is 170 Å². The minimum atomic E-state index is 0.633. The first-order valence-corrected chi connectivity index (χ1v) is 20.9. The lowest BCUT2D eigenvalue weighted by atomic mass is 10.0. The molecule has 5 heteroatoms. The predicted octanol–water partition coefficient (Wildman–Crippen LogP) is 14.4. The minimum absolute atomic E-state index is 0.633. The van der Waals surface area contributed by atoms with Gasteiger partial charge < -0.3 is 9.13 Å². The van der Waals surface area contributed by atoms with Crippen LogP contribution in [0.15, 0.2) is 224 Å². The summed E-state index contributed by atoms with van der Waals surface area (Å²) in [5.41, 5.74) is 14.3. The van der Waals surface area contributed by atoms with E-state index in [-0.39, 0.29) is 0 Å². The van der Waals surface area contributed by atoms with Crippen molar-refractivity contribution in [3.8, 4) is 67.8 Å². The van der Waals surface area contributed by atoms with Gasteiger partial charge in [0.1, 0.15) is 0 Å². The van der Waals surface area contributed by atoms with Crippen molar-refractivity contribution >= 4 is 43.6 Å². The normalized spacial score (nSPS) is 11.5. The first-order chi connectivity index (χ1) is 30.7. The second-order valence-electron chi connectivity index (χ2n) is 15.7. The topological polar surface area (TPSA) is 48.5 Å². The van der Waals surface area contributed by atoms with Crippen LogP contribution in [0.5, 0.6) is 0 Å². The van der Waals surface area contributed by atoms with Crippen molar-refractivity contribution in [1.82, 2.24) is 24.1 Å². The number of hydrogen-bond acceptors (Lipinski definition) is 3. The molecule has 0 spiro atoms. The molecule has 0 bridgehead atoms. The SMILES string of the molecule is c1ccc(-c2nc(-c3ccccc3)nc(-c3cccc(-c4ccc5c6ccccc6n(-c6cccc(-c7ccc8c9ccccc9n(-c9ccccc9)c8c7)c6)c5c4)c3)n2)cc1. The molecule has 5 nitrogen and oxygen atoms in total. The third-order valence-corrected chi connectivity index (χ3v) is 12.0. The molecule has 0 amide bonds. The van der Waals surface area contributed by atoms with Gasteiger partial charge in [-0.3, -0.25) is 0 Å². The van der Waals surface area contributed by atoms with Crippen LogP contribution in [0.2, 0.25) is 0 Å². The van der Waals surface area contributed by atoms with Gasteiger partial charge in [0.25, 0.3) is 0 Å². The largest absolute Gasteiger partial charge is 0.309 e. The van der Waals surface area contributed by atoms with Crippen LogP contribution < -0.4 is 0 Å². The zero-order valence-corrected chi connectivity index (χ0v) is 33.6. The highest BCUT2D eigenvalue weighted by molar-refractivity contribution is 6.11. The van der Waals surface area contributed by atoms with Crippen LogP contribution in [0.25, 0.3) is 111 Å². The lowest BCUT2D eigenvalue weighted by Crippen LogP contribution is -2.00. The van der Waals surface area contributed by atoms with Crippen molar-refractivity contribution in [3.63, 3.8) is 0 Å². The molecule has 62 heavy (non-hydrogen) atoms. The molecular weight excluding hydrogens is 755 g/mol. The van der Waals surface area contributed by atoms with Crippen LogP contribution in [0.4, 0.5) is 0 Å². The number of rotatable bonds is 7. The Morgan fingerprint density at radius 2 is 0.597 bits per heavy atom. The molecule has 0 unspecified atom stereocenters. The summed E-state index contributed by atoms with van der Waals surface area (Å²) in [5, 5.41) is 4.92. The van der Waals surface area contributed by atoms with Gasteiger partial charge >= 0.3 is 0 Å². The summed E-state index contributed by atoms with van der Waals surface area (Å²) in [6, 6.07) is 79.5. The molecule has 0 aliphatic heterocycles. The Labute approximate surface area is 358 Å². The molecule has 290 valence electrons. The van der Waals surface area contributed by atoms with Crippen molar-refractivity contribution in [2.75, 3.05) is 0 Å². The predicted molar refractivity (Wildman–Crippen MR) is 256 cm³/mol. The molecule has 0 aliphatic rings. The highest BCUT2D eigenvalue weighted by atomic mass is 15.0. The molecular formula is C57H37N5. The summed E-state index contributed by atoms with van der Waals surface area (Å²) in [5.74, 6) is 1.92. The Bertz CT molecular complexity index is 3570. The van der Waals surface area contributed by atoms with Crippen LogP contribution in [0.1, 0.15) is 0 Å². The smallest absolute Gasteiger partial charge is 0.164 e. The first kappa shape index (κ1) is 35.5. The molecule has 0 aliphatic carbocycles. The zero-order valence-electron chi connectivity index (χ0n) is 33.6. The first-order valence-electron chi connectivity index (χ1n) is 20.9. The fourth-order valence-electron chi connectivity index (χ4n) is 9.03. The maximum atomic E-state index is 5.02. The van der Waals surface area contributed by atoms with Crippen LogP contribution in [0.3, 0.4) is 0 Å². The maximum absolute atomic E-state index is 5.02. The number of hydrogen-bond donors (Lipinski definition) is 0. The van der Waals surface area contributed by atoms with E-state index in [0.717, 1.165) is 55.8 Å². The van der Waals surface area contributed by atoms with Crippen molar-refractivity contribution in [2.45, 2.75) is 0 Å². The van der Waals surface area contributed by atoms with E-state index in [0.29, 0.717) is 17.5 Å². The lowest BCUT2D eigenvalue weighted by Gasteiger charge is -2.12. The van der Waals surface area contributed by atoms with Gasteiger partial charge in [0.2, 0.25) is 0 Å². The summed E-state index contributed by atoms with van der Waals surface area (Å²) in [7, 11) is 0. The second kappa shape index (κ2) is 14.7. The number of fused-ring (bicyclic) bond motifs is 6. The van der Waals surface area contributed by atoms with Gasteiger partial charge in [0.15, 0.2) is 17.5 Å². The molecule has 0 N–H and O–H groups in total. The average Bonchev–Trinajstić information content (AvgIpc) is 3.87. The standard InChI is InChI=1S/C57H37N5/c1-4-16-38(17-5-1)55-58-56(39-18-6-2-7-19-39)60-57(59-55)44-22-14-20-40(34-44)42-30-32-50-48-27-11-13-29-52(48)62(54(50)36-42)46-25-15-21-41(35-46)43-31-33-49-47-26-10-12-28-51(47)61(53(49)37-43)45-23-8-3-9-24-45/h1-37H. The van der Waals surface area contributed by atoms with Crippen LogP contribution >= 0.6 is 0 Å². The Morgan fingerprint density at radius 3 is 1.16 bits per heavy atom. The lowest BCUT2D eigenvalue weighted by molar-refractivity contribution is 1.07. The van der Waals surface area contributed by atoms with E-state index in [2.05, 4.69) is 173 Å². The van der Waals surface area contributed by atoms with E-state index in [1.54, 1.807) is 0 Å². The van der Waals surface area contributed by atoms with E-state index in [1.807, 2.05) is 60.7 Å². The number of para-hydroxylation sites is 3. The summed E-state index contributed by atoms with van der Waals surface area (Å²) in [6.45, 7) is 0. The van der Waals surface area contributed by atoms with Gasteiger partial charge in [-0.05, 0) is 76.9 Å². The molecule has 0 saturated carbocycles. The quantitative estimate of drug-likeness (QED) is 0.162. The third kappa shape index (κ3) is 6.06. The fourth-order valence-corrected chi connectivity index (χ4v) is 9.03. The maximum Gasteiger partial charge on any atom is 0.164 e. The highest BCUT2D eigenvalue weighted by Crippen LogP contribution is 2.39. The molecule has 0 saturated heterocycles. The Kier molecular flexibility index (Phi) is 8.42. The van der Waals surface area contributed by atoms with Crippen molar-refractivity contribution in [2.24, 2.45) is 0 Å². The van der Waals surface area contributed by atoms with E-state index < -0.39 is 0 Å². The van der Waals surface area contributed by atoms with Crippen molar-refractivity contribution < 1.29 is 0 Å². The molecule has 9 aromatic carbocycles. The van der Waals surface area contributed by atoms with Crippen LogP contribution in [-0.2, 0) is 0 Å². The van der Waals surface area contributed by atoms with Gasteiger partial charge in [-0.15, -0.1) is 0 Å². The molecule has 3 heterocycles. The van der Waals surface area contributed by atoms with E-state index in [9.17, 15) is 0 Å². The molecule has 0 fully saturated rings. The molecule has 12 rings (SSSR count). The van der Waals surface area contributed by atoms with Gasteiger partial charge in [0, 0.05) is 49.6 Å². The van der Waals surface area contributed by atoms with Crippen molar-refractivity contribution in [1.29, 1.82) is 0 Å². The summed E-state index contributed by atoms with van der Waals surface area (Å²) in [6.07, 6.45) is 0. The van der Waals surface area contributed by atoms with Crippen molar-refractivity contribution in [3.05, 3.63) is 224 Å². The van der Waals surface area contributed by atoms with E-state index in [4.69, 9.17) is 15.0 Å². The highest BCUT2D eigenvalue weighted by Gasteiger charge is 2.17. The summed E-state index contributed by atoms with van der Waals surface area (Å²) >= 11 is 0. The monoisotopic (exact) mass is 791 g/mol.